The predicted octanol–water partition coefficient (Wildman–Crippen LogP) is 5.84. The van der Waals surface area contributed by atoms with Crippen LogP contribution in [0.15, 0.2) is 16.5 Å². The monoisotopic (exact) mass is 319 g/mol. The number of furan rings is 1. The van der Waals surface area contributed by atoms with Gasteiger partial charge in [0.05, 0.1) is 21.1 Å². The van der Waals surface area contributed by atoms with Gasteiger partial charge in [-0.1, -0.05) is 48.7 Å². The maximum Gasteiger partial charge on any atom is 0.154 e. The van der Waals surface area contributed by atoms with Crippen LogP contribution in [0.25, 0.3) is 11.0 Å². The quantitative estimate of drug-likeness (QED) is 0.700. The number of benzene rings is 1. The van der Waals surface area contributed by atoms with Crippen LogP contribution in [0, 0.1) is 0 Å². The first-order valence-corrected chi connectivity index (χ1v) is 7.52. The second-order valence-electron chi connectivity index (χ2n) is 4.46. The maximum absolute atomic E-state index is 6.19. The highest BCUT2D eigenvalue weighted by molar-refractivity contribution is 6.47. The Balaban J connectivity index is 2.45. The predicted molar refractivity (Wildman–Crippen MR) is 82.6 cm³/mol. The number of rotatable bonds is 5. The minimum absolute atomic E-state index is 0.165. The van der Waals surface area contributed by atoms with E-state index in [1.54, 1.807) is 6.07 Å². The first-order chi connectivity index (χ1) is 9.08. The van der Waals surface area contributed by atoms with Crippen LogP contribution in [0.4, 0.5) is 0 Å². The third-order valence-electron chi connectivity index (χ3n) is 3.06. The summed E-state index contributed by atoms with van der Waals surface area (Å²) in [5, 5.41) is 5.63. The fraction of sp³-hybridized carbons (Fsp3) is 0.429. The van der Waals surface area contributed by atoms with Gasteiger partial charge in [-0.3, -0.25) is 0 Å². The highest BCUT2D eigenvalue weighted by Crippen LogP contribution is 2.39. The molecule has 0 aliphatic carbocycles. The van der Waals surface area contributed by atoms with Crippen molar-refractivity contribution in [1.29, 1.82) is 0 Å². The average Bonchev–Trinajstić information content (AvgIpc) is 2.83. The van der Waals surface area contributed by atoms with Crippen LogP contribution >= 0.6 is 34.8 Å². The first-order valence-electron chi connectivity index (χ1n) is 6.38. The van der Waals surface area contributed by atoms with Gasteiger partial charge in [0.25, 0.3) is 0 Å². The van der Waals surface area contributed by atoms with Crippen molar-refractivity contribution in [2.45, 2.75) is 32.7 Å². The summed E-state index contributed by atoms with van der Waals surface area (Å²) < 4.78 is 5.85. The Kier molecular flexibility index (Phi) is 5.02. The van der Waals surface area contributed by atoms with Gasteiger partial charge in [0.2, 0.25) is 0 Å². The fourth-order valence-corrected chi connectivity index (χ4v) is 2.77. The van der Waals surface area contributed by atoms with E-state index in [0.29, 0.717) is 20.7 Å². The van der Waals surface area contributed by atoms with E-state index >= 15 is 0 Å². The van der Waals surface area contributed by atoms with E-state index in [0.717, 1.165) is 30.5 Å². The normalized spacial score (nSPS) is 13.1. The molecule has 19 heavy (non-hydrogen) atoms. The molecule has 0 saturated heterocycles. The largest absolute Gasteiger partial charge is 0.458 e. The van der Waals surface area contributed by atoms with Crippen LogP contribution in [0.2, 0.25) is 15.1 Å². The molecule has 0 amide bonds. The first kappa shape index (κ1) is 15.0. The van der Waals surface area contributed by atoms with Crippen molar-refractivity contribution < 1.29 is 4.42 Å². The molecule has 0 aliphatic heterocycles. The van der Waals surface area contributed by atoms with Crippen LogP contribution in [-0.4, -0.2) is 6.54 Å². The summed E-state index contributed by atoms with van der Waals surface area (Å²) >= 11 is 18.4. The van der Waals surface area contributed by atoms with Gasteiger partial charge in [-0.05, 0) is 31.5 Å². The van der Waals surface area contributed by atoms with E-state index in [4.69, 9.17) is 39.2 Å². The fourth-order valence-electron chi connectivity index (χ4n) is 2.06. The number of nitrogens with one attached hydrogen (secondary N) is 1. The number of hydrogen-bond acceptors (Lipinski definition) is 2. The molecule has 2 nitrogen and oxygen atoms in total. The zero-order valence-corrected chi connectivity index (χ0v) is 13.2. The van der Waals surface area contributed by atoms with Gasteiger partial charge in [-0.2, -0.15) is 0 Å². The van der Waals surface area contributed by atoms with Crippen molar-refractivity contribution in [2.75, 3.05) is 6.54 Å². The molecule has 1 atom stereocenters. The van der Waals surface area contributed by atoms with Crippen LogP contribution in [0.3, 0.4) is 0 Å². The molecule has 1 aromatic heterocycles. The lowest BCUT2D eigenvalue weighted by molar-refractivity contribution is 0.421. The van der Waals surface area contributed by atoms with Gasteiger partial charge >= 0.3 is 0 Å². The summed E-state index contributed by atoms with van der Waals surface area (Å²) in [6.07, 6.45) is 2.01. The van der Waals surface area contributed by atoms with Crippen molar-refractivity contribution >= 4 is 45.8 Å². The molecule has 2 aromatic rings. The van der Waals surface area contributed by atoms with E-state index in [9.17, 15) is 0 Å². The topological polar surface area (TPSA) is 25.2 Å². The Labute approximate surface area is 128 Å². The van der Waals surface area contributed by atoms with E-state index in [1.807, 2.05) is 6.07 Å². The molecule has 2 rings (SSSR count). The third-order valence-corrected chi connectivity index (χ3v) is 4.14. The Bertz CT molecular complexity index is 580. The molecule has 0 bridgehead atoms. The molecule has 5 heteroatoms. The van der Waals surface area contributed by atoms with Gasteiger partial charge in [-0.15, -0.1) is 0 Å². The van der Waals surface area contributed by atoms with E-state index in [-0.39, 0.29) is 6.04 Å². The van der Waals surface area contributed by atoms with Crippen molar-refractivity contribution in [2.24, 2.45) is 0 Å². The Morgan fingerprint density at radius 2 is 1.89 bits per heavy atom. The second kappa shape index (κ2) is 6.36. The molecule has 1 heterocycles. The number of halogens is 3. The molecule has 104 valence electrons. The van der Waals surface area contributed by atoms with Gasteiger partial charge in [-0.25, -0.2) is 0 Å². The summed E-state index contributed by atoms with van der Waals surface area (Å²) in [5.74, 6) is 0.844. The highest BCUT2D eigenvalue weighted by atomic mass is 35.5. The van der Waals surface area contributed by atoms with Crippen LogP contribution in [0.1, 0.15) is 38.5 Å². The van der Waals surface area contributed by atoms with Crippen molar-refractivity contribution in [3.05, 3.63) is 33.0 Å². The minimum Gasteiger partial charge on any atom is -0.458 e. The maximum atomic E-state index is 6.19. The van der Waals surface area contributed by atoms with Crippen LogP contribution in [-0.2, 0) is 0 Å². The smallest absolute Gasteiger partial charge is 0.154 e. The molecular formula is C14H16Cl3NO. The zero-order valence-electron chi connectivity index (χ0n) is 10.9. The molecule has 0 fully saturated rings. The molecule has 1 N–H and O–H groups in total. The number of fused-ring (bicyclic) bond motifs is 1. The van der Waals surface area contributed by atoms with Crippen LogP contribution in [0.5, 0.6) is 0 Å². The summed E-state index contributed by atoms with van der Waals surface area (Å²) in [4.78, 5) is 0. The van der Waals surface area contributed by atoms with Gasteiger partial charge in [0.15, 0.2) is 5.58 Å². The molecule has 0 saturated carbocycles. The van der Waals surface area contributed by atoms with Gasteiger partial charge in [0.1, 0.15) is 5.76 Å². The Morgan fingerprint density at radius 3 is 2.53 bits per heavy atom. The Hall–Kier alpha value is -0.410. The van der Waals surface area contributed by atoms with E-state index < -0.39 is 0 Å². The van der Waals surface area contributed by atoms with Crippen molar-refractivity contribution in [1.82, 2.24) is 5.32 Å². The second-order valence-corrected chi connectivity index (χ2v) is 5.65. The molecule has 0 spiro atoms. The summed E-state index contributed by atoms with van der Waals surface area (Å²) in [6, 6.07) is 3.70. The molecule has 0 aliphatic rings. The standard InChI is InChI=1S/C14H16Cl3NO/c1-3-5-18-11(4-2)12-6-8-13(17)9(15)7-10(16)14(8)19-12/h6-7,11,18H,3-5H2,1-2H3. The lowest BCUT2D eigenvalue weighted by Crippen LogP contribution is -2.20. The van der Waals surface area contributed by atoms with Crippen LogP contribution < -0.4 is 5.32 Å². The third kappa shape index (κ3) is 3.03. The number of hydrogen-bond donors (Lipinski definition) is 1. The van der Waals surface area contributed by atoms with E-state index in [2.05, 4.69) is 19.2 Å². The SMILES string of the molecule is CCCNC(CC)c1cc2c(Cl)c(Cl)cc(Cl)c2o1. The molecular weight excluding hydrogens is 305 g/mol. The van der Waals surface area contributed by atoms with Crippen molar-refractivity contribution in [3.8, 4) is 0 Å². The summed E-state index contributed by atoms with van der Waals surface area (Å²) in [6.45, 7) is 5.18. The summed E-state index contributed by atoms with van der Waals surface area (Å²) in [5.41, 5.74) is 0.600. The zero-order chi connectivity index (χ0) is 14.0. The van der Waals surface area contributed by atoms with E-state index in [1.165, 1.54) is 0 Å². The van der Waals surface area contributed by atoms with Crippen molar-refractivity contribution in [3.63, 3.8) is 0 Å². The van der Waals surface area contributed by atoms with Gasteiger partial charge in [0, 0.05) is 5.39 Å². The minimum atomic E-state index is 0.165. The lowest BCUT2D eigenvalue weighted by atomic mass is 10.1. The van der Waals surface area contributed by atoms with Gasteiger partial charge < -0.3 is 9.73 Å². The highest BCUT2D eigenvalue weighted by Gasteiger charge is 2.18. The molecule has 1 unspecified atom stereocenters. The summed E-state index contributed by atoms with van der Waals surface area (Å²) in [7, 11) is 0. The Morgan fingerprint density at radius 1 is 1.16 bits per heavy atom. The average molecular weight is 321 g/mol. The molecule has 1 aromatic carbocycles. The molecule has 0 radical (unpaired) electrons. The lowest BCUT2D eigenvalue weighted by Gasteiger charge is -2.13.